The zero-order valence-corrected chi connectivity index (χ0v) is 10.0. The average molecular weight is 262 g/mol. The molecule has 94 valence electrons. The van der Waals surface area contributed by atoms with Crippen LogP contribution in [0.1, 0.15) is 5.56 Å². The first-order chi connectivity index (χ1) is 7.75. The van der Waals surface area contributed by atoms with Crippen molar-refractivity contribution in [2.45, 2.75) is 11.3 Å². The first kappa shape index (κ1) is 13.4. The number of rotatable bonds is 4. The second kappa shape index (κ2) is 4.70. The monoisotopic (exact) mass is 262 g/mol. The standard InChI is InChI=1S/C10H11FO5S/c1-16-8-5-9(17(2,14)15)7(11)3-6(8)4-10(12)13/h3,5H,4H2,1-2H3,(H,12,13). The van der Waals surface area contributed by atoms with Gasteiger partial charge in [0.2, 0.25) is 0 Å². The van der Waals surface area contributed by atoms with E-state index in [0.717, 1.165) is 18.4 Å². The van der Waals surface area contributed by atoms with Gasteiger partial charge in [-0.3, -0.25) is 4.79 Å². The number of benzene rings is 1. The fraction of sp³-hybridized carbons (Fsp3) is 0.300. The van der Waals surface area contributed by atoms with E-state index >= 15 is 0 Å². The van der Waals surface area contributed by atoms with Gasteiger partial charge in [-0.05, 0) is 6.07 Å². The maximum absolute atomic E-state index is 13.5. The molecule has 0 unspecified atom stereocenters. The highest BCUT2D eigenvalue weighted by atomic mass is 32.2. The van der Waals surface area contributed by atoms with E-state index in [-0.39, 0.29) is 11.3 Å². The topological polar surface area (TPSA) is 80.7 Å². The van der Waals surface area contributed by atoms with E-state index in [1.54, 1.807) is 0 Å². The van der Waals surface area contributed by atoms with Crippen LogP contribution >= 0.6 is 0 Å². The van der Waals surface area contributed by atoms with Gasteiger partial charge in [-0.25, -0.2) is 12.8 Å². The third kappa shape index (κ3) is 3.16. The molecule has 0 aliphatic rings. The van der Waals surface area contributed by atoms with E-state index in [2.05, 4.69) is 0 Å². The number of ether oxygens (including phenoxy) is 1. The molecule has 0 aliphatic heterocycles. The lowest BCUT2D eigenvalue weighted by Crippen LogP contribution is -2.07. The van der Waals surface area contributed by atoms with Crippen molar-refractivity contribution < 1.29 is 27.4 Å². The lowest BCUT2D eigenvalue weighted by molar-refractivity contribution is -0.136. The molecule has 0 bridgehead atoms. The Morgan fingerprint density at radius 2 is 2.06 bits per heavy atom. The van der Waals surface area contributed by atoms with E-state index in [9.17, 15) is 17.6 Å². The first-order valence-electron chi connectivity index (χ1n) is 4.54. The summed E-state index contributed by atoms with van der Waals surface area (Å²) in [5, 5.41) is 8.61. The predicted molar refractivity (Wildman–Crippen MR) is 57.4 cm³/mol. The molecule has 1 aromatic rings. The van der Waals surface area contributed by atoms with Crippen molar-refractivity contribution >= 4 is 15.8 Å². The van der Waals surface area contributed by atoms with Gasteiger partial charge in [-0.1, -0.05) is 0 Å². The van der Waals surface area contributed by atoms with Crippen molar-refractivity contribution in [1.29, 1.82) is 0 Å². The molecule has 0 aliphatic carbocycles. The fourth-order valence-electron chi connectivity index (χ4n) is 1.35. The summed E-state index contributed by atoms with van der Waals surface area (Å²) in [6.45, 7) is 0. The quantitative estimate of drug-likeness (QED) is 0.870. The van der Waals surface area contributed by atoms with Gasteiger partial charge in [-0.15, -0.1) is 0 Å². The number of hydrogen-bond acceptors (Lipinski definition) is 4. The SMILES string of the molecule is COc1cc(S(C)(=O)=O)c(F)cc1CC(=O)O. The molecule has 0 atom stereocenters. The van der Waals surface area contributed by atoms with Crippen LogP contribution in [0.3, 0.4) is 0 Å². The zero-order chi connectivity index (χ0) is 13.2. The fourth-order valence-corrected chi connectivity index (χ4v) is 2.09. The van der Waals surface area contributed by atoms with Crippen LogP contribution < -0.4 is 4.74 Å². The highest BCUT2D eigenvalue weighted by Gasteiger charge is 2.19. The van der Waals surface area contributed by atoms with Gasteiger partial charge in [0.25, 0.3) is 0 Å². The van der Waals surface area contributed by atoms with Crippen molar-refractivity contribution in [1.82, 2.24) is 0 Å². The van der Waals surface area contributed by atoms with Crippen LogP contribution in [-0.4, -0.2) is 32.9 Å². The van der Waals surface area contributed by atoms with Gasteiger partial charge in [0, 0.05) is 17.9 Å². The number of carboxylic acid groups (broad SMARTS) is 1. The molecule has 0 radical (unpaired) electrons. The maximum Gasteiger partial charge on any atom is 0.307 e. The minimum Gasteiger partial charge on any atom is -0.496 e. The third-order valence-corrected chi connectivity index (χ3v) is 3.19. The van der Waals surface area contributed by atoms with Crippen molar-refractivity contribution in [3.05, 3.63) is 23.5 Å². The molecule has 0 heterocycles. The Hall–Kier alpha value is -1.63. The number of aliphatic carboxylic acids is 1. The van der Waals surface area contributed by atoms with Crippen LogP contribution in [0.4, 0.5) is 4.39 Å². The zero-order valence-electron chi connectivity index (χ0n) is 9.23. The number of carbonyl (C=O) groups is 1. The summed E-state index contributed by atoms with van der Waals surface area (Å²) in [6.07, 6.45) is 0.422. The smallest absolute Gasteiger partial charge is 0.307 e. The molecule has 0 saturated carbocycles. The Morgan fingerprint density at radius 3 is 2.47 bits per heavy atom. The largest absolute Gasteiger partial charge is 0.496 e. The minimum atomic E-state index is -3.71. The number of halogens is 1. The molecule has 0 amide bonds. The predicted octanol–water partition coefficient (Wildman–Crippen LogP) is 0.865. The molecule has 0 saturated heterocycles. The molecular formula is C10H11FO5S. The van der Waals surface area contributed by atoms with Gasteiger partial charge in [0.05, 0.1) is 13.5 Å². The van der Waals surface area contributed by atoms with E-state index in [1.807, 2.05) is 0 Å². The number of sulfone groups is 1. The summed E-state index contributed by atoms with van der Waals surface area (Å²) in [5.41, 5.74) is 0.0879. The van der Waals surface area contributed by atoms with Crippen molar-refractivity contribution in [3.8, 4) is 5.75 Å². The highest BCUT2D eigenvalue weighted by molar-refractivity contribution is 7.90. The molecule has 5 nitrogen and oxygen atoms in total. The number of methoxy groups -OCH3 is 1. The number of carboxylic acids is 1. The van der Waals surface area contributed by atoms with Crippen LogP contribution in [0.15, 0.2) is 17.0 Å². The summed E-state index contributed by atoms with van der Waals surface area (Å²) >= 11 is 0. The summed E-state index contributed by atoms with van der Waals surface area (Å²) in [6, 6.07) is 1.85. The Bertz CT molecular complexity index is 550. The van der Waals surface area contributed by atoms with Crippen LogP contribution in [0, 0.1) is 5.82 Å². The van der Waals surface area contributed by atoms with Crippen molar-refractivity contribution in [2.24, 2.45) is 0 Å². The van der Waals surface area contributed by atoms with Gasteiger partial charge in [0.15, 0.2) is 9.84 Å². The Labute approximate surface area is 97.8 Å². The summed E-state index contributed by atoms with van der Waals surface area (Å²) in [4.78, 5) is 10.0. The molecular weight excluding hydrogens is 251 g/mol. The molecule has 0 fully saturated rings. The van der Waals surface area contributed by atoms with Crippen LogP contribution in [0.5, 0.6) is 5.75 Å². The van der Waals surface area contributed by atoms with Crippen LogP contribution in [-0.2, 0) is 21.1 Å². The maximum atomic E-state index is 13.5. The Balaban J connectivity index is 3.40. The molecule has 0 aromatic heterocycles. The average Bonchev–Trinajstić information content (AvgIpc) is 2.14. The lowest BCUT2D eigenvalue weighted by atomic mass is 10.1. The second-order valence-corrected chi connectivity index (χ2v) is 5.42. The molecule has 17 heavy (non-hydrogen) atoms. The first-order valence-corrected chi connectivity index (χ1v) is 6.43. The van der Waals surface area contributed by atoms with Crippen LogP contribution in [0.2, 0.25) is 0 Å². The van der Waals surface area contributed by atoms with Gasteiger partial charge in [0.1, 0.15) is 16.5 Å². The summed E-state index contributed by atoms with van der Waals surface area (Å²) in [7, 11) is -2.46. The third-order valence-electron chi connectivity index (χ3n) is 2.08. The van der Waals surface area contributed by atoms with E-state index in [1.165, 1.54) is 7.11 Å². The highest BCUT2D eigenvalue weighted by Crippen LogP contribution is 2.26. The molecule has 7 heteroatoms. The lowest BCUT2D eigenvalue weighted by Gasteiger charge is -2.09. The normalized spacial score (nSPS) is 11.2. The van der Waals surface area contributed by atoms with Gasteiger partial charge >= 0.3 is 5.97 Å². The molecule has 0 spiro atoms. The van der Waals surface area contributed by atoms with Gasteiger partial charge < -0.3 is 9.84 Å². The molecule has 1 rings (SSSR count). The van der Waals surface area contributed by atoms with Crippen LogP contribution in [0.25, 0.3) is 0 Å². The van der Waals surface area contributed by atoms with E-state index < -0.39 is 32.9 Å². The van der Waals surface area contributed by atoms with E-state index in [4.69, 9.17) is 9.84 Å². The molecule has 1 N–H and O–H groups in total. The van der Waals surface area contributed by atoms with Crippen molar-refractivity contribution in [3.63, 3.8) is 0 Å². The van der Waals surface area contributed by atoms with Gasteiger partial charge in [-0.2, -0.15) is 0 Å². The second-order valence-electron chi connectivity index (χ2n) is 3.44. The Kier molecular flexibility index (Phi) is 3.72. The summed E-state index contributed by atoms with van der Waals surface area (Å²) < 4.78 is 40.8. The molecule has 1 aromatic carbocycles. The van der Waals surface area contributed by atoms with Crippen molar-refractivity contribution in [2.75, 3.05) is 13.4 Å². The minimum absolute atomic E-state index is 0.0363. The Morgan fingerprint density at radius 1 is 1.47 bits per heavy atom. The summed E-state index contributed by atoms with van der Waals surface area (Å²) in [5.74, 6) is -2.10. The number of hydrogen-bond donors (Lipinski definition) is 1. The van der Waals surface area contributed by atoms with E-state index in [0.29, 0.717) is 0 Å².